The first-order valence-corrected chi connectivity index (χ1v) is 8.84. The first-order valence-electron chi connectivity index (χ1n) is 8.84. The Morgan fingerprint density at radius 2 is 1.79 bits per heavy atom. The summed E-state index contributed by atoms with van der Waals surface area (Å²) < 4.78 is 15.1. The molecule has 0 spiro atoms. The fourth-order valence-corrected chi connectivity index (χ4v) is 2.29. The van der Waals surface area contributed by atoms with Crippen LogP contribution >= 0.6 is 0 Å². The molecule has 1 aromatic carbocycles. The second-order valence-corrected chi connectivity index (χ2v) is 5.85. The van der Waals surface area contributed by atoms with Crippen LogP contribution in [0.25, 0.3) is 0 Å². The number of benzene rings is 1. The largest absolute Gasteiger partial charge is 0.494 e. The highest BCUT2D eigenvalue weighted by molar-refractivity contribution is 5.99. The molecule has 0 saturated carbocycles. The Balaban J connectivity index is 1.90. The number of amides is 2. The van der Waals surface area contributed by atoms with E-state index in [0.29, 0.717) is 13.2 Å². The van der Waals surface area contributed by atoms with Crippen LogP contribution in [0.15, 0.2) is 42.6 Å². The van der Waals surface area contributed by atoms with E-state index in [0.717, 1.165) is 5.56 Å². The van der Waals surface area contributed by atoms with Gasteiger partial charge in [0, 0.05) is 19.9 Å². The number of carbonyl (C=O) groups excluding carboxylic acids is 3. The topological polar surface area (TPSA) is 116 Å². The van der Waals surface area contributed by atoms with Crippen molar-refractivity contribution < 1.29 is 28.6 Å². The van der Waals surface area contributed by atoms with Gasteiger partial charge in [0.25, 0.3) is 11.8 Å². The van der Waals surface area contributed by atoms with E-state index in [1.165, 1.54) is 26.5 Å². The average molecular weight is 401 g/mol. The van der Waals surface area contributed by atoms with Crippen LogP contribution in [-0.2, 0) is 20.9 Å². The number of hydrogen-bond acceptors (Lipinski definition) is 7. The summed E-state index contributed by atoms with van der Waals surface area (Å²) in [6.45, 7) is 0.502. The number of carbonyl (C=O) groups is 3. The van der Waals surface area contributed by atoms with E-state index in [-0.39, 0.29) is 36.1 Å². The van der Waals surface area contributed by atoms with Crippen LogP contribution in [0, 0.1) is 0 Å². The van der Waals surface area contributed by atoms with Crippen molar-refractivity contribution in [3.05, 3.63) is 59.4 Å². The van der Waals surface area contributed by atoms with Crippen LogP contribution in [-0.4, -0.2) is 56.7 Å². The van der Waals surface area contributed by atoms with Gasteiger partial charge in [0.2, 0.25) is 0 Å². The highest BCUT2D eigenvalue weighted by Crippen LogP contribution is 2.17. The minimum atomic E-state index is -0.621. The van der Waals surface area contributed by atoms with Gasteiger partial charge in [-0.3, -0.25) is 14.4 Å². The lowest BCUT2D eigenvalue weighted by Crippen LogP contribution is -2.32. The molecule has 154 valence electrons. The molecule has 9 heteroatoms. The molecule has 0 atom stereocenters. The number of nitrogens with zero attached hydrogens (tertiary/aromatic N) is 1. The standard InChI is InChI=1S/C20H23N3O6/c1-27-9-8-21-19(25)15-10-16(28-2)18(22-11-15)20(26)23-12-17(24)29-13-14-6-4-3-5-7-14/h3-7,10-11H,8-9,12-13H2,1-2H3,(H,21,25)(H,23,26). The van der Waals surface area contributed by atoms with Crippen LogP contribution in [0.2, 0.25) is 0 Å². The molecule has 0 unspecified atom stereocenters. The number of hydrogen-bond donors (Lipinski definition) is 2. The minimum Gasteiger partial charge on any atom is -0.494 e. The van der Waals surface area contributed by atoms with Crippen molar-refractivity contribution in [1.29, 1.82) is 0 Å². The normalized spacial score (nSPS) is 10.1. The van der Waals surface area contributed by atoms with Crippen LogP contribution < -0.4 is 15.4 Å². The molecule has 0 aliphatic heterocycles. The number of nitrogens with one attached hydrogen (secondary N) is 2. The molecule has 9 nitrogen and oxygen atoms in total. The van der Waals surface area contributed by atoms with E-state index in [4.69, 9.17) is 14.2 Å². The van der Waals surface area contributed by atoms with Crippen molar-refractivity contribution in [3.8, 4) is 5.75 Å². The smallest absolute Gasteiger partial charge is 0.325 e. The predicted octanol–water partition coefficient (Wildman–Crippen LogP) is 0.940. The van der Waals surface area contributed by atoms with Crippen molar-refractivity contribution in [3.63, 3.8) is 0 Å². The van der Waals surface area contributed by atoms with Crippen molar-refractivity contribution in [2.75, 3.05) is 33.9 Å². The molecular weight excluding hydrogens is 378 g/mol. The lowest BCUT2D eigenvalue weighted by atomic mass is 10.2. The van der Waals surface area contributed by atoms with Gasteiger partial charge >= 0.3 is 5.97 Å². The highest BCUT2D eigenvalue weighted by Gasteiger charge is 2.18. The predicted molar refractivity (Wildman–Crippen MR) is 104 cm³/mol. The summed E-state index contributed by atoms with van der Waals surface area (Å²) in [5, 5.41) is 5.07. The molecular formula is C20H23N3O6. The maximum absolute atomic E-state index is 12.3. The van der Waals surface area contributed by atoms with Crippen molar-refractivity contribution in [2.45, 2.75) is 6.61 Å². The van der Waals surface area contributed by atoms with E-state index in [1.54, 1.807) is 0 Å². The van der Waals surface area contributed by atoms with Gasteiger partial charge in [-0.2, -0.15) is 0 Å². The molecule has 0 saturated heterocycles. The van der Waals surface area contributed by atoms with Gasteiger partial charge < -0.3 is 24.8 Å². The fourth-order valence-electron chi connectivity index (χ4n) is 2.29. The zero-order chi connectivity index (χ0) is 21.1. The van der Waals surface area contributed by atoms with E-state index in [2.05, 4.69) is 15.6 Å². The number of esters is 1. The molecule has 0 radical (unpaired) electrons. The maximum Gasteiger partial charge on any atom is 0.325 e. The van der Waals surface area contributed by atoms with Gasteiger partial charge in [0.15, 0.2) is 11.4 Å². The van der Waals surface area contributed by atoms with E-state index in [9.17, 15) is 14.4 Å². The molecule has 2 N–H and O–H groups in total. The molecule has 0 fully saturated rings. The zero-order valence-electron chi connectivity index (χ0n) is 16.3. The maximum atomic E-state index is 12.3. The number of aromatic nitrogens is 1. The van der Waals surface area contributed by atoms with E-state index < -0.39 is 11.9 Å². The second kappa shape index (κ2) is 11.4. The summed E-state index contributed by atoms with van der Waals surface area (Å²) in [6, 6.07) is 10.6. The third kappa shape index (κ3) is 6.89. The van der Waals surface area contributed by atoms with Crippen LogP contribution in [0.3, 0.4) is 0 Å². The van der Waals surface area contributed by atoms with Gasteiger partial charge in [-0.25, -0.2) is 4.98 Å². The Kier molecular flexibility index (Phi) is 8.58. The number of rotatable bonds is 10. The van der Waals surface area contributed by atoms with E-state index in [1.807, 2.05) is 30.3 Å². The monoisotopic (exact) mass is 401 g/mol. The summed E-state index contributed by atoms with van der Waals surface area (Å²) in [5.41, 5.74) is 1.03. The lowest BCUT2D eigenvalue weighted by molar-refractivity contribution is -0.143. The fraction of sp³-hybridized carbons (Fsp3) is 0.300. The molecule has 0 aliphatic rings. The van der Waals surface area contributed by atoms with Gasteiger partial charge in [-0.15, -0.1) is 0 Å². The average Bonchev–Trinajstić information content (AvgIpc) is 2.76. The lowest BCUT2D eigenvalue weighted by Gasteiger charge is -2.10. The Hall–Kier alpha value is -3.46. The van der Waals surface area contributed by atoms with Crippen LogP contribution in [0.5, 0.6) is 5.75 Å². The Labute approximate surface area is 168 Å². The molecule has 0 aliphatic carbocycles. The summed E-state index contributed by atoms with van der Waals surface area (Å²) in [6.07, 6.45) is 1.26. The van der Waals surface area contributed by atoms with Crippen LogP contribution in [0.1, 0.15) is 26.4 Å². The summed E-state index contributed by atoms with van der Waals surface area (Å²) in [7, 11) is 2.89. The molecule has 0 bridgehead atoms. The minimum absolute atomic E-state index is 0.0446. The molecule has 2 rings (SSSR count). The Morgan fingerprint density at radius 3 is 2.48 bits per heavy atom. The summed E-state index contributed by atoms with van der Waals surface area (Å²) >= 11 is 0. The van der Waals surface area contributed by atoms with Crippen molar-refractivity contribution >= 4 is 17.8 Å². The summed E-state index contributed by atoms with van der Waals surface area (Å²) in [5.74, 6) is -1.47. The van der Waals surface area contributed by atoms with Crippen molar-refractivity contribution in [2.24, 2.45) is 0 Å². The van der Waals surface area contributed by atoms with E-state index >= 15 is 0 Å². The quantitative estimate of drug-likeness (QED) is 0.450. The molecule has 2 aromatic rings. The highest BCUT2D eigenvalue weighted by atomic mass is 16.5. The number of ether oxygens (including phenoxy) is 3. The van der Waals surface area contributed by atoms with Gasteiger partial charge in [-0.05, 0) is 11.6 Å². The Bertz CT molecular complexity index is 841. The zero-order valence-corrected chi connectivity index (χ0v) is 16.3. The van der Waals surface area contributed by atoms with Gasteiger partial charge in [0.05, 0.1) is 19.3 Å². The van der Waals surface area contributed by atoms with Gasteiger partial charge in [-0.1, -0.05) is 30.3 Å². The third-order valence-corrected chi connectivity index (χ3v) is 3.78. The number of pyridine rings is 1. The second-order valence-electron chi connectivity index (χ2n) is 5.85. The molecule has 29 heavy (non-hydrogen) atoms. The van der Waals surface area contributed by atoms with Gasteiger partial charge in [0.1, 0.15) is 13.2 Å². The Morgan fingerprint density at radius 1 is 1.03 bits per heavy atom. The molecule has 2 amide bonds. The molecule has 1 heterocycles. The third-order valence-electron chi connectivity index (χ3n) is 3.78. The van der Waals surface area contributed by atoms with Crippen molar-refractivity contribution in [1.82, 2.24) is 15.6 Å². The molecule has 1 aromatic heterocycles. The summed E-state index contributed by atoms with van der Waals surface area (Å²) in [4.78, 5) is 40.2. The SMILES string of the molecule is COCCNC(=O)c1cnc(C(=O)NCC(=O)OCc2ccccc2)c(OC)c1. The first-order chi connectivity index (χ1) is 14.0. The van der Waals surface area contributed by atoms with Crippen LogP contribution in [0.4, 0.5) is 0 Å². The number of methoxy groups -OCH3 is 2. The first kappa shape index (κ1) is 21.8.